The summed E-state index contributed by atoms with van der Waals surface area (Å²) < 4.78 is 0. The van der Waals surface area contributed by atoms with Crippen molar-refractivity contribution in [3.05, 3.63) is 12.2 Å². The number of allylic oxidation sites excluding steroid dienone is 1. The fourth-order valence-corrected chi connectivity index (χ4v) is 2.40. The first kappa shape index (κ1) is 8.03. The Hall–Kier alpha value is -0.590. The Morgan fingerprint density at radius 1 is 1.67 bits per heavy atom. The maximum atomic E-state index is 11.6. The van der Waals surface area contributed by atoms with Crippen LogP contribution in [0.15, 0.2) is 12.2 Å². The van der Waals surface area contributed by atoms with Crippen molar-refractivity contribution in [2.45, 2.75) is 33.1 Å². The zero-order valence-corrected chi connectivity index (χ0v) is 7.89. The van der Waals surface area contributed by atoms with Crippen LogP contribution in [0.4, 0.5) is 0 Å². The number of hydrogen-bond acceptors (Lipinski definition) is 1. The summed E-state index contributed by atoms with van der Waals surface area (Å²) in [5.41, 5.74) is 1.28. The van der Waals surface area contributed by atoms with Crippen molar-refractivity contribution in [1.82, 2.24) is 0 Å². The van der Waals surface area contributed by atoms with E-state index in [1.165, 1.54) is 12.0 Å². The maximum absolute atomic E-state index is 11.6. The van der Waals surface area contributed by atoms with Crippen LogP contribution < -0.4 is 0 Å². The van der Waals surface area contributed by atoms with Gasteiger partial charge in [0.2, 0.25) is 0 Å². The number of Topliss-reactive ketones (excluding diaryl/α,β-unsaturated/α-hetero) is 1. The van der Waals surface area contributed by atoms with Crippen LogP contribution in [0.5, 0.6) is 0 Å². The fourth-order valence-electron chi connectivity index (χ4n) is 2.40. The van der Waals surface area contributed by atoms with Crippen LogP contribution in [0.2, 0.25) is 0 Å². The molecule has 1 heteroatoms. The monoisotopic (exact) mass is 164 g/mol. The highest BCUT2D eigenvalue weighted by molar-refractivity contribution is 5.89. The highest BCUT2D eigenvalue weighted by Crippen LogP contribution is 2.60. The highest BCUT2D eigenvalue weighted by atomic mass is 16.1. The summed E-state index contributed by atoms with van der Waals surface area (Å²) in [5.74, 6) is 1.64. The number of carbonyl (C=O) groups is 1. The Morgan fingerprint density at radius 2 is 2.33 bits per heavy atom. The summed E-state index contributed by atoms with van der Waals surface area (Å²) in [5, 5.41) is 0. The van der Waals surface area contributed by atoms with Crippen molar-refractivity contribution in [3.8, 4) is 0 Å². The summed E-state index contributed by atoms with van der Waals surface area (Å²) in [6.07, 6.45) is 3.09. The Kier molecular flexibility index (Phi) is 1.48. The third-order valence-corrected chi connectivity index (χ3v) is 3.75. The lowest BCUT2D eigenvalue weighted by molar-refractivity contribution is -0.126. The van der Waals surface area contributed by atoms with Gasteiger partial charge in [-0.1, -0.05) is 19.1 Å². The zero-order chi connectivity index (χ0) is 8.93. The molecule has 0 bridgehead atoms. The van der Waals surface area contributed by atoms with Crippen LogP contribution in [0, 0.1) is 17.3 Å². The van der Waals surface area contributed by atoms with Crippen molar-refractivity contribution in [1.29, 1.82) is 0 Å². The first-order valence-corrected chi connectivity index (χ1v) is 4.73. The summed E-state index contributed by atoms with van der Waals surface area (Å²) >= 11 is 0. The van der Waals surface area contributed by atoms with Crippen LogP contribution in [0.3, 0.4) is 0 Å². The second-order valence-corrected chi connectivity index (χ2v) is 4.72. The molecule has 2 rings (SSSR count). The van der Waals surface area contributed by atoms with Crippen molar-refractivity contribution in [3.63, 3.8) is 0 Å². The molecule has 0 radical (unpaired) electrons. The lowest BCUT2D eigenvalue weighted by atomic mass is 9.79. The van der Waals surface area contributed by atoms with E-state index in [1.807, 2.05) is 6.92 Å². The van der Waals surface area contributed by atoms with Gasteiger partial charge in [-0.05, 0) is 31.6 Å². The molecule has 2 fully saturated rings. The molecular weight excluding hydrogens is 148 g/mol. The van der Waals surface area contributed by atoms with Gasteiger partial charge in [-0.25, -0.2) is 0 Å². The Balaban J connectivity index is 2.12. The molecule has 3 unspecified atom stereocenters. The predicted octanol–water partition coefficient (Wildman–Crippen LogP) is 2.57. The Morgan fingerprint density at radius 3 is 2.83 bits per heavy atom. The van der Waals surface area contributed by atoms with E-state index in [9.17, 15) is 4.79 Å². The molecule has 2 aliphatic carbocycles. The normalized spacial score (nSPS) is 45.3. The van der Waals surface area contributed by atoms with Crippen LogP contribution in [-0.2, 0) is 4.79 Å². The quantitative estimate of drug-likeness (QED) is 0.544. The third kappa shape index (κ3) is 0.954. The van der Waals surface area contributed by atoms with Gasteiger partial charge in [0, 0.05) is 11.8 Å². The molecule has 0 spiro atoms. The number of fused-ring (bicyclic) bond motifs is 1. The first-order valence-electron chi connectivity index (χ1n) is 4.73. The van der Waals surface area contributed by atoms with E-state index in [4.69, 9.17) is 0 Å². The number of hydrogen-bond donors (Lipinski definition) is 0. The molecule has 0 aliphatic heterocycles. The van der Waals surface area contributed by atoms with E-state index in [-0.39, 0.29) is 5.41 Å². The van der Waals surface area contributed by atoms with Gasteiger partial charge in [-0.2, -0.15) is 0 Å². The summed E-state index contributed by atoms with van der Waals surface area (Å²) in [6.45, 7) is 8.10. The van der Waals surface area contributed by atoms with Gasteiger partial charge >= 0.3 is 0 Å². The van der Waals surface area contributed by atoms with E-state index in [0.29, 0.717) is 17.6 Å². The fraction of sp³-hybridized carbons (Fsp3) is 0.727. The van der Waals surface area contributed by atoms with E-state index in [1.54, 1.807) is 0 Å². The van der Waals surface area contributed by atoms with E-state index < -0.39 is 0 Å². The first-order chi connectivity index (χ1) is 5.54. The molecule has 3 atom stereocenters. The standard InChI is InChI=1S/C11H16O/c1-7(2)8-4-9-6-11(9,3)10(12)5-8/h8-9H,1,4-6H2,2-3H3. The molecule has 0 N–H and O–H groups in total. The van der Waals surface area contributed by atoms with Crippen molar-refractivity contribution in [2.24, 2.45) is 17.3 Å². The number of carbonyl (C=O) groups excluding carboxylic acids is 1. The Bertz CT molecular complexity index is 254. The minimum absolute atomic E-state index is 0.0892. The minimum Gasteiger partial charge on any atom is -0.299 e. The van der Waals surface area contributed by atoms with Gasteiger partial charge in [0.1, 0.15) is 5.78 Å². The molecule has 0 heterocycles. The maximum Gasteiger partial charge on any atom is 0.139 e. The lowest BCUT2D eigenvalue weighted by Gasteiger charge is -2.24. The van der Waals surface area contributed by atoms with E-state index in [0.717, 1.165) is 12.8 Å². The summed E-state index contributed by atoms with van der Waals surface area (Å²) in [7, 11) is 0. The van der Waals surface area contributed by atoms with Gasteiger partial charge in [-0.15, -0.1) is 0 Å². The molecular formula is C11H16O. The molecule has 12 heavy (non-hydrogen) atoms. The highest BCUT2D eigenvalue weighted by Gasteiger charge is 2.58. The van der Waals surface area contributed by atoms with Gasteiger partial charge in [0.25, 0.3) is 0 Å². The minimum atomic E-state index is 0.0892. The second-order valence-electron chi connectivity index (χ2n) is 4.72. The van der Waals surface area contributed by atoms with Crippen molar-refractivity contribution in [2.75, 3.05) is 0 Å². The SMILES string of the molecule is C=C(C)C1CC(=O)C2(C)CC2C1. The van der Waals surface area contributed by atoms with Crippen LogP contribution in [0.1, 0.15) is 33.1 Å². The molecule has 0 saturated heterocycles. The molecule has 1 nitrogen and oxygen atoms in total. The smallest absolute Gasteiger partial charge is 0.139 e. The van der Waals surface area contributed by atoms with Gasteiger partial charge in [0.05, 0.1) is 0 Å². The average Bonchev–Trinajstić information content (AvgIpc) is 2.62. The summed E-state index contributed by atoms with van der Waals surface area (Å²) in [6, 6.07) is 0. The van der Waals surface area contributed by atoms with Crippen LogP contribution in [0.25, 0.3) is 0 Å². The molecule has 0 aromatic rings. The second kappa shape index (κ2) is 2.21. The number of rotatable bonds is 1. The van der Waals surface area contributed by atoms with Gasteiger partial charge in [0.15, 0.2) is 0 Å². The van der Waals surface area contributed by atoms with E-state index >= 15 is 0 Å². The van der Waals surface area contributed by atoms with E-state index in [2.05, 4.69) is 13.5 Å². The zero-order valence-electron chi connectivity index (χ0n) is 7.89. The molecule has 2 aliphatic rings. The Labute approximate surface area is 73.8 Å². The largest absolute Gasteiger partial charge is 0.299 e. The molecule has 0 aromatic carbocycles. The molecule has 0 amide bonds. The third-order valence-electron chi connectivity index (χ3n) is 3.75. The number of ketones is 1. The molecule has 66 valence electrons. The van der Waals surface area contributed by atoms with Gasteiger partial charge in [-0.3, -0.25) is 4.79 Å². The molecule has 2 saturated carbocycles. The molecule has 0 aromatic heterocycles. The lowest BCUT2D eigenvalue weighted by Crippen LogP contribution is -2.25. The summed E-state index contributed by atoms with van der Waals surface area (Å²) in [4.78, 5) is 11.6. The van der Waals surface area contributed by atoms with Crippen molar-refractivity contribution < 1.29 is 4.79 Å². The average molecular weight is 164 g/mol. The van der Waals surface area contributed by atoms with Gasteiger partial charge < -0.3 is 0 Å². The topological polar surface area (TPSA) is 17.1 Å². The van der Waals surface area contributed by atoms with Crippen LogP contribution >= 0.6 is 0 Å². The van der Waals surface area contributed by atoms with Crippen molar-refractivity contribution >= 4 is 5.78 Å². The predicted molar refractivity (Wildman–Crippen MR) is 48.8 cm³/mol. The van der Waals surface area contributed by atoms with Crippen LogP contribution in [-0.4, -0.2) is 5.78 Å².